The normalized spacial score (nSPS) is 20.6. The van der Waals surface area contributed by atoms with Gasteiger partial charge in [0.15, 0.2) is 0 Å². The van der Waals surface area contributed by atoms with Crippen molar-refractivity contribution < 1.29 is 14.6 Å². The van der Waals surface area contributed by atoms with Crippen molar-refractivity contribution in [3.63, 3.8) is 0 Å². The largest absolute Gasteiger partial charge is 0.508 e. The van der Waals surface area contributed by atoms with Crippen LogP contribution in [0.5, 0.6) is 11.5 Å². The van der Waals surface area contributed by atoms with Gasteiger partial charge in [-0.1, -0.05) is 52.3 Å². The highest BCUT2D eigenvalue weighted by Crippen LogP contribution is 2.53. The van der Waals surface area contributed by atoms with Crippen LogP contribution in [0.4, 0.5) is 0 Å². The Balaban J connectivity index is 1.88. The molecule has 26 heavy (non-hydrogen) atoms. The fourth-order valence-corrected chi connectivity index (χ4v) is 4.31. The van der Waals surface area contributed by atoms with E-state index in [1.165, 1.54) is 16.7 Å². The summed E-state index contributed by atoms with van der Waals surface area (Å²) in [5, 5.41) is 10.0. The standard InChI is InChI=1S/C23H28O3/c1-5-6-7-21(25)26-18-11-8-16(9-12-18)23(4)15-22(2,3)19-13-10-17(24)14-20(19)23/h8-14,24H,5-7,15H2,1-4H3. The van der Waals surface area contributed by atoms with Crippen LogP contribution in [0.2, 0.25) is 0 Å². The Bertz CT molecular complexity index is 805. The summed E-state index contributed by atoms with van der Waals surface area (Å²) >= 11 is 0. The SMILES string of the molecule is CCCCC(=O)Oc1ccc(C2(C)CC(C)(C)c3ccc(O)cc32)cc1. The number of phenolic OH excluding ortho intramolecular Hbond substituents is 1. The van der Waals surface area contributed by atoms with E-state index in [-0.39, 0.29) is 16.8 Å². The number of esters is 1. The molecular formula is C23H28O3. The summed E-state index contributed by atoms with van der Waals surface area (Å²) in [6.45, 7) is 8.78. The van der Waals surface area contributed by atoms with Gasteiger partial charge in [0.25, 0.3) is 0 Å². The molecular weight excluding hydrogens is 324 g/mol. The minimum Gasteiger partial charge on any atom is -0.508 e. The van der Waals surface area contributed by atoms with E-state index >= 15 is 0 Å². The van der Waals surface area contributed by atoms with Crippen molar-refractivity contribution in [1.82, 2.24) is 0 Å². The third-order valence-corrected chi connectivity index (χ3v) is 5.58. The predicted molar refractivity (Wildman–Crippen MR) is 104 cm³/mol. The molecule has 0 saturated carbocycles. The number of unbranched alkanes of at least 4 members (excludes halogenated alkanes) is 1. The number of ether oxygens (including phenoxy) is 1. The van der Waals surface area contributed by atoms with Crippen molar-refractivity contribution in [1.29, 1.82) is 0 Å². The summed E-state index contributed by atoms with van der Waals surface area (Å²) in [6, 6.07) is 13.5. The van der Waals surface area contributed by atoms with E-state index in [0.717, 1.165) is 19.3 Å². The van der Waals surface area contributed by atoms with Crippen LogP contribution in [0, 0.1) is 0 Å². The quantitative estimate of drug-likeness (QED) is 0.573. The summed E-state index contributed by atoms with van der Waals surface area (Å²) in [6.07, 6.45) is 3.25. The molecule has 0 spiro atoms. The van der Waals surface area contributed by atoms with Crippen LogP contribution in [0.25, 0.3) is 0 Å². The molecule has 1 unspecified atom stereocenters. The topological polar surface area (TPSA) is 46.5 Å². The van der Waals surface area contributed by atoms with Gasteiger partial charge in [0, 0.05) is 11.8 Å². The lowest BCUT2D eigenvalue weighted by molar-refractivity contribution is -0.134. The minimum atomic E-state index is -0.178. The fourth-order valence-electron chi connectivity index (χ4n) is 4.31. The Kier molecular flexibility index (Phi) is 4.83. The van der Waals surface area contributed by atoms with Crippen LogP contribution in [0.15, 0.2) is 42.5 Å². The van der Waals surface area contributed by atoms with E-state index in [2.05, 4.69) is 27.7 Å². The van der Waals surface area contributed by atoms with E-state index in [9.17, 15) is 9.90 Å². The van der Waals surface area contributed by atoms with Gasteiger partial charge in [-0.3, -0.25) is 4.79 Å². The van der Waals surface area contributed by atoms with Crippen LogP contribution in [0.3, 0.4) is 0 Å². The Morgan fingerprint density at radius 1 is 1.08 bits per heavy atom. The zero-order chi connectivity index (χ0) is 18.9. The number of carbonyl (C=O) groups excluding carboxylic acids is 1. The minimum absolute atomic E-state index is 0.0447. The molecule has 1 aliphatic rings. The van der Waals surface area contributed by atoms with Crippen LogP contribution in [0.1, 0.15) is 70.1 Å². The highest BCUT2D eigenvalue weighted by molar-refractivity contribution is 5.72. The zero-order valence-corrected chi connectivity index (χ0v) is 16.1. The maximum absolute atomic E-state index is 11.8. The van der Waals surface area contributed by atoms with E-state index in [1.807, 2.05) is 36.4 Å². The molecule has 3 heteroatoms. The molecule has 1 atom stereocenters. The summed E-state index contributed by atoms with van der Waals surface area (Å²) in [5.41, 5.74) is 3.50. The number of fused-ring (bicyclic) bond motifs is 1. The van der Waals surface area contributed by atoms with Crippen LogP contribution in [-0.2, 0) is 15.6 Å². The van der Waals surface area contributed by atoms with Crippen LogP contribution >= 0.6 is 0 Å². The van der Waals surface area contributed by atoms with Gasteiger partial charge in [-0.2, -0.15) is 0 Å². The number of hydrogen-bond donors (Lipinski definition) is 1. The second-order valence-corrected chi connectivity index (χ2v) is 8.22. The lowest BCUT2D eigenvalue weighted by atomic mass is 9.75. The third kappa shape index (κ3) is 3.35. The zero-order valence-electron chi connectivity index (χ0n) is 16.1. The van der Waals surface area contributed by atoms with Gasteiger partial charge in [-0.15, -0.1) is 0 Å². The molecule has 0 fully saturated rings. The van der Waals surface area contributed by atoms with Crippen molar-refractivity contribution in [2.24, 2.45) is 0 Å². The summed E-state index contributed by atoms with van der Waals surface area (Å²) < 4.78 is 5.42. The van der Waals surface area contributed by atoms with Crippen molar-refractivity contribution in [2.75, 3.05) is 0 Å². The van der Waals surface area contributed by atoms with Crippen molar-refractivity contribution in [3.8, 4) is 11.5 Å². The molecule has 0 bridgehead atoms. The predicted octanol–water partition coefficient (Wildman–Crippen LogP) is 5.48. The maximum atomic E-state index is 11.8. The molecule has 2 aromatic rings. The van der Waals surface area contributed by atoms with Gasteiger partial charge in [0.2, 0.25) is 0 Å². The molecule has 138 valence electrons. The average Bonchev–Trinajstić information content (AvgIpc) is 2.80. The fraction of sp³-hybridized carbons (Fsp3) is 0.435. The molecule has 1 aliphatic carbocycles. The van der Waals surface area contributed by atoms with Gasteiger partial charge < -0.3 is 9.84 Å². The summed E-state index contributed by atoms with van der Waals surface area (Å²) in [4.78, 5) is 11.8. The van der Waals surface area contributed by atoms with E-state index in [0.29, 0.717) is 17.9 Å². The molecule has 0 heterocycles. The van der Waals surface area contributed by atoms with Gasteiger partial charge in [-0.25, -0.2) is 0 Å². The lowest BCUT2D eigenvalue weighted by Crippen LogP contribution is -2.23. The number of phenols is 1. The van der Waals surface area contributed by atoms with E-state index < -0.39 is 0 Å². The molecule has 0 radical (unpaired) electrons. The monoisotopic (exact) mass is 352 g/mol. The Hall–Kier alpha value is -2.29. The molecule has 0 aliphatic heterocycles. The number of rotatable bonds is 5. The van der Waals surface area contributed by atoms with Gasteiger partial charge in [-0.05, 0) is 59.2 Å². The Morgan fingerprint density at radius 2 is 1.77 bits per heavy atom. The smallest absolute Gasteiger partial charge is 0.311 e. The number of aromatic hydroxyl groups is 1. The molecule has 3 nitrogen and oxygen atoms in total. The second-order valence-electron chi connectivity index (χ2n) is 8.22. The highest BCUT2D eigenvalue weighted by atomic mass is 16.5. The van der Waals surface area contributed by atoms with Gasteiger partial charge in [0.1, 0.15) is 11.5 Å². The van der Waals surface area contributed by atoms with E-state index in [4.69, 9.17) is 4.74 Å². The number of hydrogen-bond acceptors (Lipinski definition) is 3. The summed E-state index contributed by atoms with van der Waals surface area (Å²) in [5.74, 6) is 0.712. The van der Waals surface area contributed by atoms with Crippen molar-refractivity contribution >= 4 is 5.97 Å². The molecule has 0 saturated heterocycles. The van der Waals surface area contributed by atoms with Crippen molar-refractivity contribution in [3.05, 3.63) is 59.2 Å². The molecule has 2 aromatic carbocycles. The number of carbonyl (C=O) groups is 1. The first-order valence-corrected chi connectivity index (χ1v) is 9.41. The Labute approximate surface area is 156 Å². The second kappa shape index (κ2) is 6.79. The molecule has 1 N–H and O–H groups in total. The molecule has 0 aromatic heterocycles. The maximum Gasteiger partial charge on any atom is 0.311 e. The van der Waals surface area contributed by atoms with Crippen LogP contribution < -0.4 is 4.74 Å². The van der Waals surface area contributed by atoms with Crippen LogP contribution in [-0.4, -0.2) is 11.1 Å². The van der Waals surface area contributed by atoms with Crippen molar-refractivity contribution in [2.45, 2.75) is 64.2 Å². The third-order valence-electron chi connectivity index (χ3n) is 5.58. The molecule has 3 rings (SSSR count). The van der Waals surface area contributed by atoms with Gasteiger partial charge in [0.05, 0.1) is 0 Å². The lowest BCUT2D eigenvalue weighted by Gasteiger charge is -2.28. The number of benzene rings is 2. The molecule has 0 amide bonds. The highest BCUT2D eigenvalue weighted by Gasteiger charge is 2.45. The van der Waals surface area contributed by atoms with Gasteiger partial charge >= 0.3 is 5.97 Å². The first-order chi connectivity index (χ1) is 12.3. The Morgan fingerprint density at radius 3 is 2.42 bits per heavy atom. The van der Waals surface area contributed by atoms with E-state index in [1.54, 1.807) is 6.07 Å². The average molecular weight is 352 g/mol. The first kappa shape index (κ1) is 18.5. The summed E-state index contributed by atoms with van der Waals surface area (Å²) in [7, 11) is 0. The first-order valence-electron chi connectivity index (χ1n) is 9.41.